The Hall–Kier alpha value is -5.60. The van der Waals surface area contributed by atoms with E-state index >= 15 is 0 Å². The van der Waals surface area contributed by atoms with Gasteiger partial charge in [-0.05, 0) is 99.6 Å². The number of hydrogen-bond acceptors (Lipinski definition) is 8. The molecule has 0 aliphatic carbocycles. The number of likely N-dealkylation sites (N-methyl/N-ethyl adjacent to an activating group) is 2. The molecule has 0 radical (unpaired) electrons. The molecule has 2 fully saturated rings. The highest BCUT2D eigenvalue weighted by atomic mass is 16.2. The van der Waals surface area contributed by atoms with Crippen LogP contribution < -0.4 is 21.3 Å². The number of nitrogens with one attached hydrogen (secondary N) is 4. The van der Waals surface area contributed by atoms with Gasteiger partial charge in [0.1, 0.15) is 12.1 Å². The van der Waals surface area contributed by atoms with Crippen LogP contribution in [0.1, 0.15) is 103 Å². The molecule has 70 heavy (non-hydrogen) atoms. The van der Waals surface area contributed by atoms with Gasteiger partial charge >= 0.3 is 0 Å². The average Bonchev–Trinajstić information content (AvgIpc) is 4.01. The zero-order valence-corrected chi connectivity index (χ0v) is 43.7. The monoisotopic (exact) mass is 963 g/mol. The fraction of sp³-hybridized carbons (Fsp3) is 0.571. The van der Waals surface area contributed by atoms with Crippen LogP contribution in [-0.2, 0) is 54.5 Å². The van der Waals surface area contributed by atoms with Gasteiger partial charge < -0.3 is 40.9 Å². The van der Waals surface area contributed by atoms with Crippen molar-refractivity contribution in [3.05, 3.63) is 107 Å². The number of hydrogen-bond donors (Lipinski definition) is 4. The average molecular weight is 963 g/mol. The molecule has 0 aromatic heterocycles. The molecule has 6 atom stereocenters. The van der Waals surface area contributed by atoms with E-state index in [-0.39, 0.29) is 60.4 Å². The summed E-state index contributed by atoms with van der Waals surface area (Å²) in [5.74, 6) is -0.825. The summed E-state index contributed by atoms with van der Waals surface area (Å²) in [5.41, 5.74) is 2.81. The molecule has 2 aliphatic rings. The van der Waals surface area contributed by atoms with Crippen molar-refractivity contribution in [2.24, 2.45) is 10.8 Å². The number of rotatable bonds is 22. The van der Waals surface area contributed by atoms with Crippen LogP contribution in [0.5, 0.6) is 0 Å². The highest BCUT2D eigenvalue weighted by Crippen LogP contribution is 2.29. The van der Waals surface area contributed by atoms with Crippen molar-refractivity contribution in [3.63, 3.8) is 0 Å². The molecule has 0 unspecified atom stereocenters. The Balaban J connectivity index is 1.30. The van der Waals surface area contributed by atoms with Crippen LogP contribution in [0.4, 0.5) is 0 Å². The maximum atomic E-state index is 14.4. The lowest BCUT2D eigenvalue weighted by Crippen LogP contribution is -2.59. The third-order valence-electron chi connectivity index (χ3n) is 14.1. The van der Waals surface area contributed by atoms with E-state index in [1.807, 2.05) is 122 Å². The van der Waals surface area contributed by atoms with Gasteiger partial charge in [0.05, 0.1) is 24.9 Å². The lowest BCUT2D eigenvalue weighted by molar-refractivity contribution is -0.142. The molecule has 3 aromatic carbocycles. The molecule has 382 valence electrons. The van der Waals surface area contributed by atoms with Crippen LogP contribution in [-0.4, -0.2) is 145 Å². The van der Waals surface area contributed by atoms with E-state index in [1.54, 1.807) is 27.9 Å². The van der Waals surface area contributed by atoms with Crippen molar-refractivity contribution in [3.8, 4) is 0 Å². The van der Waals surface area contributed by atoms with Crippen LogP contribution in [0.25, 0.3) is 0 Å². The molecule has 2 saturated heterocycles. The number of carbonyl (C=O) groups excluding carboxylic acids is 6. The predicted octanol–water partition coefficient (Wildman–Crippen LogP) is 5.17. The first-order chi connectivity index (χ1) is 33.2. The third-order valence-corrected chi connectivity index (χ3v) is 14.1. The van der Waals surface area contributed by atoms with Crippen molar-refractivity contribution in [2.45, 2.75) is 143 Å². The van der Waals surface area contributed by atoms with E-state index in [0.717, 1.165) is 47.9 Å². The van der Waals surface area contributed by atoms with E-state index < -0.39 is 35.0 Å². The van der Waals surface area contributed by atoms with Crippen molar-refractivity contribution < 1.29 is 28.8 Å². The Labute approximate surface area is 418 Å². The smallest absolute Gasteiger partial charge is 0.246 e. The molecule has 3 aromatic rings. The summed E-state index contributed by atoms with van der Waals surface area (Å²) in [6.45, 7) is 18.1. The first-order valence-electron chi connectivity index (χ1n) is 25.5. The molecule has 2 heterocycles. The summed E-state index contributed by atoms with van der Waals surface area (Å²) in [6.07, 6.45) is 4.76. The normalized spacial score (nSPS) is 17.9. The summed E-state index contributed by atoms with van der Waals surface area (Å²) < 4.78 is 0. The number of amides is 6. The largest absolute Gasteiger partial charge is 0.342 e. The highest BCUT2D eigenvalue weighted by Gasteiger charge is 2.42. The second-order valence-corrected chi connectivity index (χ2v) is 21.6. The summed E-state index contributed by atoms with van der Waals surface area (Å²) in [4.78, 5) is 90.9. The van der Waals surface area contributed by atoms with Crippen LogP contribution in [0.15, 0.2) is 84.9 Å². The quantitative estimate of drug-likeness (QED) is 0.107. The van der Waals surface area contributed by atoms with Crippen molar-refractivity contribution in [1.82, 2.24) is 40.9 Å². The SMILES string of the molecule is CN[C@@H](C)C(=O)N[C@H](C(=O)N1CCC[C@H]1CN(CCc1ccccc1)C(=O)Cc1ccc(CC(=O)N(CCc2ccccc2)C[C@@H]2CCCN2C(=O)[C@@H](NC(=O)[C@H](C)NC)C(C)(C)C)cc1)C(C)(C)C. The van der Waals surface area contributed by atoms with Crippen molar-refractivity contribution >= 4 is 35.4 Å². The maximum Gasteiger partial charge on any atom is 0.246 e. The molecule has 0 saturated carbocycles. The second-order valence-electron chi connectivity index (χ2n) is 21.6. The highest BCUT2D eigenvalue weighted by molar-refractivity contribution is 5.91. The summed E-state index contributed by atoms with van der Waals surface area (Å²) in [7, 11) is 3.43. The Kier molecular flexibility index (Phi) is 20.2. The molecular formula is C56H82N8O6. The van der Waals surface area contributed by atoms with Crippen LogP contribution in [0.3, 0.4) is 0 Å². The van der Waals surface area contributed by atoms with Gasteiger partial charge in [-0.1, -0.05) is 126 Å². The van der Waals surface area contributed by atoms with E-state index in [4.69, 9.17) is 0 Å². The van der Waals surface area contributed by atoms with Crippen LogP contribution in [0.2, 0.25) is 0 Å². The van der Waals surface area contributed by atoms with Gasteiger partial charge in [0.2, 0.25) is 35.4 Å². The van der Waals surface area contributed by atoms with Crippen LogP contribution >= 0.6 is 0 Å². The van der Waals surface area contributed by atoms with Gasteiger partial charge in [0.25, 0.3) is 0 Å². The standard InChI is InChI=1S/C56H82N8O6/c1-39(57-9)51(67)59-49(55(3,4)5)53(69)63-31-17-23-45(63)37-61(33-29-41-19-13-11-14-20-41)47(65)35-43-25-27-44(28-26-43)36-48(66)62(34-30-42-21-15-12-16-22-42)38-46-24-18-32-64(46)54(70)50(56(6,7)8)60-52(68)40(2)58-10/h11-16,19-22,25-28,39-40,45-46,49-50,57-58H,17-18,23-24,29-38H2,1-10H3,(H,59,67)(H,60,68)/t39-,40-,45-,46-,49+,50+/m0/s1. The summed E-state index contributed by atoms with van der Waals surface area (Å²) >= 11 is 0. The molecule has 14 nitrogen and oxygen atoms in total. The summed E-state index contributed by atoms with van der Waals surface area (Å²) in [5, 5.41) is 11.9. The van der Waals surface area contributed by atoms with Gasteiger partial charge in [-0.2, -0.15) is 0 Å². The number of carbonyl (C=O) groups is 6. The molecule has 14 heteroatoms. The number of likely N-dealkylation sites (tertiary alicyclic amines) is 2. The fourth-order valence-electron chi connectivity index (χ4n) is 9.37. The van der Waals surface area contributed by atoms with Gasteiger partial charge in [0, 0.05) is 51.4 Å². The Morgan fingerprint density at radius 3 is 1.20 bits per heavy atom. The van der Waals surface area contributed by atoms with E-state index in [2.05, 4.69) is 45.5 Å². The molecule has 5 rings (SSSR count). The predicted molar refractivity (Wildman–Crippen MR) is 277 cm³/mol. The molecule has 2 aliphatic heterocycles. The fourth-order valence-corrected chi connectivity index (χ4v) is 9.37. The third kappa shape index (κ3) is 15.7. The first kappa shape index (κ1) is 55.3. The lowest BCUT2D eigenvalue weighted by Gasteiger charge is -2.37. The Morgan fingerprint density at radius 2 is 0.886 bits per heavy atom. The van der Waals surface area contributed by atoms with Gasteiger partial charge in [-0.3, -0.25) is 28.8 Å². The molecule has 0 spiro atoms. The lowest BCUT2D eigenvalue weighted by atomic mass is 9.85. The first-order valence-corrected chi connectivity index (χ1v) is 25.5. The van der Waals surface area contributed by atoms with Gasteiger partial charge in [0.15, 0.2) is 0 Å². The van der Waals surface area contributed by atoms with Crippen molar-refractivity contribution in [1.29, 1.82) is 0 Å². The second kappa shape index (κ2) is 25.5. The zero-order valence-electron chi connectivity index (χ0n) is 43.7. The minimum atomic E-state index is -0.730. The minimum absolute atomic E-state index is 0.0462. The van der Waals surface area contributed by atoms with E-state index in [9.17, 15) is 28.8 Å². The molecular weight excluding hydrogens is 881 g/mol. The number of nitrogens with zero attached hydrogens (tertiary/aromatic N) is 4. The zero-order chi connectivity index (χ0) is 51.2. The molecule has 4 N–H and O–H groups in total. The van der Waals surface area contributed by atoms with E-state index in [0.29, 0.717) is 52.1 Å². The Bertz CT molecular complexity index is 2040. The van der Waals surface area contributed by atoms with Crippen molar-refractivity contribution in [2.75, 3.05) is 53.4 Å². The minimum Gasteiger partial charge on any atom is -0.342 e. The maximum absolute atomic E-state index is 14.4. The summed E-state index contributed by atoms with van der Waals surface area (Å²) in [6, 6.07) is 25.1. The molecule has 0 bridgehead atoms. The molecule has 6 amide bonds. The topological polar surface area (TPSA) is 163 Å². The van der Waals surface area contributed by atoms with Gasteiger partial charge in [-0.15, -0.1) is 0 Å². The van der Waals surface area contributed by atoms with E-state index in [1.165, 1.54) is 0 Å². The number of benzene rings is 3. The Morgan fingerprint density at radius 1 is 0.543 bits per heavy atom. The van der Waals surface area contributed by atoms with Gasteiger partial charge in [-0.25, -0.2) is 0 Å². The van der Waals surface area contributed by atoms with Crippen LogP contribution in [0, 0.1) is 10.8 Å².